The van der Waals surface area contributed by atoms with Crippen LogP contribution in [0.4, 0.5) is 4.79 Å². The predicted octanol–water partition coefficient (Wildman–Crippen LogP) is 2.50. The molecule has 13 heavy (non-hydrogen) atoms. The van der Waals surface area contributed by atoms with Gasteiger partial charge in [0.1, 0.15) is 4.32 Å². The fourth-order valence-electron chi connectivity index (χ4n) is 0.765. The Morgan fingerprint density at radius 1 is 1.38 bits per heavy atom. The van der Waals surface area contributed by atoms with Crippen LogP contribution < -0.4 is 0 Å². The van der Waals surface area contributed by atoms with Crippen LogP contribution >= 0.6 is 24.0 Å². The summed E-state index contributed by atoms with van der Waals surface area (Å²) in [7, 11) is 0. The summed E-state index contributed by atoms with van der Waals surface area (Å²) in [5.41, 5.74) is 0. The summed E-state index contributed by atoms with van der Waals surface area (Å²) in [6.07, 6.45) is 0. The second-order valence-electron chi connectivity index (χ2n) is 2.22. The zero-order valence-electron chi connectivity index (χ0n) is 8.20. The Hall–Kier alpha value is -0.290. The van der Waals surface area contributed by atoms with Crippen LogP contribution in [0, 0.1) is 0 Å². The highest BCUT2D eigenvalue weighted by Gasteiger charge is 2.11. The minimum absolute atomic E-state index is 0.320. The first-order valence-corrected chi connectivity index (χ1v) is 5.51. The number of ether oxygens (including phenoxy) is 1. The summed E-state index contributed by atoms with van der Waals surface area (Å²) in [6, 6.07) is 0. The maximum absolute atomic E-state index is 11.0. The van der Waals surface area contributed by atoms with Gasteiger partial charge in [-0.25, -0.2) is 4.79 Å². The Bertz CT molecular complexity index is 181. The van der Waals surface area contributed by atoms with Crippen molar-refractivity contribution in [3.63, 3.8) is 0 Å². The molecule has 0 aliphatic heterocycles. The van der Waals surface area contributed by atoms with Gasteiger partial charge in [0.2, 0.25) is 0 Å². The largest absolute Gasteiger partial charge is 0.458 e. The third-order valence-corrected chi connectivity index (χ3v) is 2.68. The molecule has 0 fully saturated rings. The van der Waals surface area contributed by atoms with E-state index in [0.29, 0.717) is 10.9 Å². The quantitative estimate of drug-likeness (QED) is 0.539. The second-order valence-corrected chi connectivity index (χ2v) is 3.79. The number of carbonyl (C=O) groups is 1. The van der Waals surface area contributed by atoms with Crippen molar-refractivity contribution >= 4 is 33.6 Å². The molecule has 0 heterocycles. The Kier molecular flexibility index (Phi) is 6.99. The number of thioether (sulfide) groups is 1. The maximum atomic E-state index is 11.0. The van der Waals surface area contributed by atoms with Crippen LogP contribution in [-0.4, -0.2) is 34.2 Å². The summed E-state index contributed by atoms with van der Waals surface area (Å²) in [6.45, 7) is 7.82. The van der Waals surface area contributed by atoms with E-state index in [1.165, 1.54) is 0 Å². The SMILES string of the molecule is CCOC(=O)SC(=S)N(CC)CC. The molecule has 0 N–H and O–H groups in total. The molecule has 0 atom stereocenters. The maximum Gasteiger partial charge on any atom is 0.374 e. The van der Waals surface area contributed by atoms with Gasteiger partial charge in [-0.3, -0.25) is 0 Å². The van der Waals surface area contributed by atoms with Crippen LogP contribution in [0.5, 0.6) is 0 Å². The van der Waals surface area contributed by atoms with Crippen molar-refractivity contribution in [1.29, 1.82) is 0 Å². The van der Waals surface area contributed by atoms with Gasteiger partial charge in [-0.15, -0.1) is 0 Å². The van der Waals surface area contributed by atoms with Gasteiger partial charge >= 0.3 is 5.30 Å². The number of thiocarbonyl (C=S) groups is 1. The van der Waals surface area contributed by atoms with Crippen molar-refractivity contribution in [2.24, 2.45) is 0 Å². The molecule has 3 nitrogen and oxygen atoms in total. The molecule has 0 unspecified atom stereocenters. The van der Waals surface area contributed by atoms with Gasteiger partial charge in [0.05, 0.1) is 6.61 Å². The predicted molar refractivity (Wildman–Crippen MR) is 60.1 cm³/mol. The van der Waals surface area contributed by atoms with Crippen LogP contribution in [0.3, 0.4) is 0 Å². The lowest BCUT2D eigenvalue weighted by atomic mass is 10.6. The van der Waals surface area contributed by atoms with Crippen molar-refractivity contribution in [1.82, 2.24) is 4.90 Å². The molecule has 0 aromatic rings. The fourth-order valence-corrected chi connectivity index (χ4v) is 1.93. The molecule has 5 heteroatoms. The van der Waals surface area contributed by atoms with Gasteiger partial charge in [0.25, 0.3) is 0 Å². The van der Waals surface area contributed by atoms with E-state index in [1.54, 1.807) is 6.92 Å². The summed E-state index contributed by atoms with van der Waals surface area (Å²) < 4.78 is 5.35. The highest BCUT2D eigenvalue weighted by Crippen LogP contribution is 2.12. The average molecular weight is 221 g/mol. The number of rotatable bonds is 3. The lowest BCUT2D eigenvalue weighted by Crippen LogP contribution is -2.27. The summed E-state index contributed by atoms with van der Waals surface area (Å²) in [4.78, 5) is 13.0. The smallest absolute Gasteiger partial charge is 0.374 e. The number of nitrogens with zero attached hydrogens (tertiary/aromatic N) is 1. The van der Waals surface area contributed by atoms with Crippen LogP contribution in [0.25, 0.3) is 0 Å². The van der Waals surface area contributed by atoms with Crippen LogP contribution in [0.15, 0.2) is 0 Å². The molecule has 0 spiro atoms. The summed E-state index contributed by atoms with van der Waals surface area (Å²) >= 11 is 6.03. The lowest BCUT2D eigenvalue weighted by molar-refractivity contribution is 0.181. The third kappa shape index (κ3) is 5.10. The second kappa shape index (κ2) is 7.15. The number of hydrogen-bond donors (Lipinski definition) is 0. The van der Waals surface area contributed by atoms with E-state index in [9.17, 15) is 4.79 Å². The average Bonchev–Trinajstić information content (AvgIpc) is 2.06. The summed E-state index contributed by atoms with van der Waals surface area (Å²) in [5, 5.41) is -0.320. The first-order valence-electron chi connectivity index (χ1n) is 4.29. The van der Waals surface area contributed by atoms with Gasteiger partial charge in [0, 0.05) is 24.9 Å². The van der Waals surface area contributed by atoms with E-state index in [0.717, 1.165) is 24.9 Å². The monoisotopic (exact) mass is 221 g/mol. The zero-order chi connectivity index (χ0) is 10.3. The minimum Gasteiger partial charge on any atom is -0.458 e. The van der Waals surface area contributed by atoms with E-state index in [1.807, 2.05) is 18.7 Å². The Morgan fingerprint density at radius 2 is 1.92 bits per heavy atom. The first kappa shape index (κ1) is 12.7. The molecular formula is C8H15NO2S2. The van der Waals surface area contributed by atoms with E-state index in [-0.39, 0.29) is 5.30 Å². The lowest BCUT2D eigenvalue weighted by Gasteiger charge is -2.19. The topological polar surface area (TPSA) is 29.5 Å². The number of carbonyl (C=O) groups excluding carboxylic acids is 1. The van der Waals surface area contributed by atoms with Gasteiger partial charge in [-0.1, -0.05) is 12.2 Å². The van der Waals surface area contributed by atoms with Gasteiger partial charge < -0.3 is 9.64 Å². The van der Waals surface area contributed by atoms with E-state index in [2.05, 4.69) is 0 Å². The zero-order valence-corrected chi connectivity index (χ0v) is 9.83. The van der Waals surface area contributed by atoms with Crippen LogP contribution in [0.2, 0.25) is 0 Å². The minimum atomic E-state index is -0.320. The first-order chi connectivity index (χ1) is 6.15. The highest BCUT2D eigenvalue weighted by molar-refractivity contribution is 8.32. The molecule has 76 valence electrons. The standard InChI is InChI=1S/C8H15NO2S2/c1-4-9(5-2)7(12)13-8(10)11-6-3/h4-6H2,1-3H3. The van der Waals surface area contributed by atoms with Crippen molar-refractivity contribution in [2.75, 3.05) is 19.7 Å². The van der Waals surface area contributed by atoms with Crippen molar-refractivity contribution < 1.29 is 9.53 Å². The molecule has 0 bridgehead atoms. The fraction of sp³-hybridized carbons (Fsp3) is 0.750. The van der Waals surface area contributed by atoms with Crippen molar-refractivity contribution in [3.05, 3.63) is 0 Å². The molecule has 0 rings (SSSR count). The van der Waals surface area contributed by atoms with Crippen LogP contribution in [-0.2, 0) is 4.74 Å². The Labute approximate surface area is 88.8 Å². The van der Waals surface area contributed by atoms with Crippen molar-refractivity contribution in [2.45, 2.75) is 20.8 Å². The third-order valence-electron chi connectivity index (χ3n) is 1.45. The molecule has 0 amide bonds. The highest BCUT2D eigenvalue weighted by atomic mass is 32.2. The van der Waals surface area contributed by atoms with Crippen molar-refractivity contribution in [3.8, 4) is 0 Å². The van der Waals surface area contributed by atoms with E-state index in [4.69, 9.17) is 17.0 Å². The van der Waals surface area contributed by atoms with Gasteiger partial charge in [-0.2, -0.15) is 0 Å². The van der Waals surface area contributed by atoms with E-state index < -0.39 is 0 Å². The molecular weight excluding hydrogens is 206 g/mol. The molecule has 0 aromatic carbocycles. The van der Waals surface area contributed by atoms with Gasteiger partial charge in [-0.05, 0) is 20.8 Å². The normalized spacial score (nSPS) is 9.46. The van der Waals surface area contributed by atoms with Gasteiger partial charge in [0.15, 0.2) is 0 Å². The molecule has 0 radical (unpaired) electrons. The Morgan fingerprint density at radius 3 is 2.31 bits per heavy atom. The molecule has 0 saturated heterocycles. The Balaban J connectivity index is 3.90. The summed E-state index contributed by atoms with van der Waals surface area (Å²) in [5.74, 6) is 0. The molecule has 0 saturated carbocycles. The van der Waals surface area contributed by atoms with Crippen LogP contribution in [0.1, 0.15) is 20.8 Å². The molecule has 0 aliphatic carbocycles. The molecule has 0 aliphatic rings. The molecule has 0 aromatic heterocycles. The van der Waals surface area contributed by atoms with E-state index >= 15 is 0 Å². The number of hydrogen-bond acceptors (Lipinski definition) is 4.